The molecule has 0 bridgehead atoms. The van der Waals surface area contributed by atoms with Gasteiger partial charge in [0.05, 0.1) is 11.7 Å². The highest BCUT2D eigenvalue weighted by atomic mass is 32.1. The second kappa shape index (κ2) is 6.01. The molecule has 0 radical (unpaired) electrons. The second-order valence-electron chi connectivity index (χ2n) is 4.87. The molecule has 0 aliphatic heterocycles. The van der Waals surface area contributed by atoms with Gasteiger partial charge in [0, 0.05) is 6.20 Å². The molecule has 3 aromatic rings. The maximum atomic E-state index is 4.47. The molecule has 0 amide bonds. The van der Waals surface area contributed by atoms with Crippen molar-refractivity contribution in [3.8, 4) is 0 Å². The number of anilines is 1. The van der Waals surface area contributed by atoms with E-state index < -0.39 is 0 Å². The minimum Gasteiger partial charge on any atom is -0.348 e. The molecule has 1 aromatic carbocycles. The van der Waals surface area contributed by atoms with Crippen LogP contribution in [0.1, 0.15) is 27.9 Å². The number of aromatic nitrogens is 3. The van der Waals surface area contributed by atoms with Crippen molar-refractivity contribution in [2.45, 2.75) is 19.9 Å². The summed E-state index contributed by atoms with van der Waals surface area (Å²) in [5, 5.41) is 13.4. The summed E-state index contributed by atoms with van der Waals surface area (Å²) in [6.45, 7) is 4.03. The van der Waals surface area contributed by atoms with E-state index in [2.05, 4.69) is 51.7 Å². The lowest BCUT2D eigenvalue weighted by Gasteiger charge is -2.18. The quantitative estimate of drug-likeness (QED) is 0.796. The van der Waals surface area contributed by atoms with E-state index in [0.29, 0.717) is 0 Å². The number of nitrogens with one attached hydrogen (secondary N) is 1. The third-order valence-corrected chi connectivity index (χ3v) is 3.96. The number of aryl methyl sites for hydroxylation is 2. The molecular formula is C16H16N4S. The van der Waals surface area contributed by atoms with Crippen molar-refractivity contribution in [1.82, 2.24) is 15.2 Å². The van der Waals surface area contributed by atoms with Crippen molar-refractivity contribution in [1.29, 1.82) is 0 Å². The van der Waals surface area contributed by atoms with E-state index in [9.17, 15) is 0 Å². The van der Waals surface area contributed by atoms with Crippen molar-refractivity contribution < 1.29 is 0 Å². The van der Waals surface area contributed by atoms with Crippen LogP contribution in [0.15, 0.2) is 48.7 Å². The summed E-state index contributed by atoms with van der Waals surface area (Å²) in [5.74, 6) is 0. The molecule has 0 fully saturated rings. The molecule has 3 rings (SSSR count). The van der Waals surface area contributed by atoms with Crippen LogP contribution in [-0.4, -0.2) is 15.2 Å². The van der Waals surface area contributed by atoms with Crippen LogP contribution in [0.4, 0.5) is 5.13 Å². The van der Waals surface area contributed by atoms with Crippen LogP contribution >= 0.6 is 11.3 Å². The number of rotatable bonds is 4. The fourth-order valence-corrected chi connectivity index (χ4v) is 2.73. The van der Waals surface area contributed by atoms with Gasteiger partial charge >= 0.3 is 0 Å². The average molecular weight is 296 g/mol. The van der Waals surface area contributed by atoms with E-state index in [0.717, 1.165) is 21.4 Å². The molecule has 0 aliphatic rings. The van der Waals surface area contributed by atoms with Gasteiger partial charge in [0.1, 0.15) is 5.01 Å². The number of hydrogen-bond donors (Lipinski definition) is 1. The maximum Gasteiger partial charge on any atom is 0.206 e. The van der Waals surface area contributed by atoms with Crippen molar-refractivity contribution in [3.63, 3.8) is 0 Å². The first-order chi connectivity index (χ1) is 10.2. The highest BCUT2D eigenvalue weighted by Crippen LogP contribution is 2.27. The zero-order chi connectivity index (χ0) is 14.7. The van der Waals surface area contributed by atoms with E-state index in [-0.39, 0.29) is 6.04 Å². The largest absolute Gasteiger partial charge is 0.348 e. The van der Waals surface area contributed by atoms with E-state index in [4.69, 9.17) is 0 Å². The van der Waals surface area contributed by atoms with Crippen molar-refractivity contribution in [3.05, 3.63) is 70.5 Å². The molecule has 1 N–H and O–H groups in total. The highest BCUT2D eigenvalue weighted by molar-refractivity contribution is 7.15. The Morgan fingerprint density at radius 3 is 2.43 bits per heavy atom. The zero-order valence-electron chi connectivity index (χ0n) is 11.9. The molecule has 2 aromatic heterocycles. The summed E-state index contributed by atoms with van der Waals surface area (Å²) in [5.41, 5.74) is 3.37. The Morgan fingerprint density at radius 1 is 1.00 bits per heavy atom. The zero-order valence-corrected chi connectivity index (χ0v) is 12.8. The Labute approximate surface area is 127 Å². The van der Waals surface area contributed by atoms with E-state index in [1.807, 2.05) is 31.3 Å². The lowest BCUT2D eigenvalue weighted by molar-refractivity contribution is 0.875. The predicted molar refractivity (Wildman–Crippen MR) is 85.5 cm³/mol. The fraction of sp³-hybridized carbons (Fsp3) is 0.188. The molecular weight excluding hydrogens is 280 g/mol. The van der Waals surface area contributed by atoms with Gasteiger partial charge in [-0.2, -0.15) is 0 Å². The number of nitrogens with zero attached hydrogens (tertiary/aromatic N) is 3. The van der Waals surface area contributed by atoms with Gasteiger partial charge in [0.2, 0.25) is 5.13 Å². The number of hydrogen-bond acceptors (Lipinski definition) is 5. The maximum absolute atomic E-state index is 4.47. The van der Waals surface area contributed by atoms with E-state index in [1.165, 1.54) is 5.56 Å². The molecule has 0 spiro atoms. The Bertz CT molecular complexity index is 707. The van der Waals surface area contributed by atoms with Gasteiger partial charge in [-0.15, -0.1) is 10.2 Å². The SMILES string of the molecule is Cc1ccc([C@H](Nc2nnc(C)s2)c2ccccn2)cc1. The lowest BCUT2D eigenvalue weighted by Crippen LogP contribution is -2.13. The number of benzene rings is 1. The molecule has 0 saturated carbocycles. The van der Waals surface area contributed by atoms with Crippen LogP contribution in [0.3, 0.4) is 0 Å². The van der Waals surface area contributed by atoms with Gasteiger partial charge < -0.3 is 5.32 Å². The third kappa shape index (κ3) is 3.25. The molecule has 0 saturated heterocycles. The molecule has 1 atom stereocenters. The Morgan fingerprint density at radius 2 is 1.81 bits per heavy atom. The minimum absolute atomic E-state index is 0.0286. The van der Waals surface area contributed by atoms with Gasteiger partial charge in [-0.25, -0.2) is 0 Å². The van der Waals surface area contributed by atoms with Gasteiger partial charge in [0.15, 0.2) is 0 Å². The van der Waals surface area contributed by atoms with Crippen LogP contribution < -0.4 is 5.32 Å². The topological polar surface area (TPSA) is 50.7 Å². The standard InChI is InChI=1S/C16H16N4S/c1-11-6-8-13(9-7-11)15(14-5-3-4-10-17-14)18-16-20-19-12(2)21-16/h3-10,15H,1-2H3,(H,18,20)/t15-/m0/s1. The van der Waals surface area contributed by atoms with Crippen LogP contribution in [-0.2, 0) is 0 Å². The first-order valence-corrected chi connectivity index (χ1v) is 7.58. The summed E-state index contributed by atoms with van der Waals surface area (Å²) >= 11 is 1.55. The van der Waals surface area contributed by atoms with Crippen molar-refractivity contribution >= 4 is 16.5 Å². The fourth-order valence-electron chi connectivity index (χ4n) is 2.11. The second-order valence-corrected chi connectivity index (χ2v) is 6.05. The monoisotopic (exact) mass is 296 g/mol. The summed E-state index contributed by atoms with van der Waals surface area (Å²) in [6.07, 6.45) is 1.81. The van der Waals surface area contributed by atoms with Crippen LogP contribution in [0, 0.1) is 13.8 Å². The summed E-state index contributed by atoms with van der Waals surface area (Å²) in [6, 6.07) is 14.4. The summed E-state index contributed by atoms with van der Waals surface area (Å²) in [4.78, 5) is 4.47. The van der Waals surface area contributed by atoms with Crippen LogP contribution in [0.25, 0.3) is 0 Å². The Kier molecular flexibility index (Phi) is 3.92. The third-order valence-electron chi connectivity index (χ3n) is 3.19. The smallest absolute Gasteiger partial charge is 0.206 e. The van der Waals surface area contributed by atoms with Crippen molar-refractivity contribution in [2.75, 3.05) is 5.32 Å². The van der Waals surface area contributed by atoms with Crippen molar-refractivity contribution in [2.24, 2.45) is 0 Å². The Hall–Kier alpha value is -2.27. The Balaban J connectivity index is 1.96. The molecule has 5 heteroatoms. The molecule has 4 nitrogen and oxygen atoms in total. The van der Waals surface area contributed by atoms with E-state index in [1.54, 1.807) is 11.3 Å². The van der Waals surface area contributed by atoms with Crippen LogP contribution in [0.5, 0.6) is 0 Å². The molecule has 0 unspecified atom stereocenters. The first-order valence-electron chi connectivity index (χ1n) is 6.76. The van der Waals surface area contributed by atoms with Gasteiger partial charge in [-0.05, 0) is 31.5 Å². The van der Waals surface area contributed by atoms with E-state index >= 15 is 0 Å². The average Bonchev–Trinajstić information content (AvgIpc) is 2.92. The van der Waals surface area contributed by atoms with Gasteiger partial charge in [-0.1, -0.05) is 47.2 Å². The lowest BCUT2D eigenvalue weighted by atomic mass is 10.0. The van der Waals surface area contributed by atoms with Gasteiger partial charge in [-0.3, -0.25) is 4.98 Å². The minimum atomic E-state index is -0.0286. The molecule has 0 aliphatic carbocycles. The predicted octanol–water partition coefficient (Wildman–Crippen LogP) is 3.75. The summed E-state index contributed by atoms with van der Waals surface area (Å²) < 4.78 is 0. The van der Waals surface area contributed by atoms with Gasteiger partial charge in [0.25, 0.3) is 0 Å². The molecule has 106 valence electrons. The van der Waals surface area contributed by atoms with Crippen LogP contribution in [0.2, 0.25) is 0 Å². The summed E-state index contributed by atoms with van der Waals surface area (Å²) in [7, 11) is 0. The molecule has 21 heavy (non-hydrogen) atoms. The normalized spacial score (nSPS) is 12.1. The molecule has 2 heterocycles. The first kappa shape index (κ1) is 13.7. The highest BCUT2D eigenvalue weighted by Gasteiger charge is 2.16. The number of pyridine rings is 1.